The number of alkyl halides is 3. The summed E-state index contributed by atoms with van der Waals surface area (Å²) in [5.41, 5.74) is 1.15. The third kappa shape index (κ3) is 8.26. The van der Waals surface area contributed by atoms with Crippen molar-refractivity contribution in [2.24, 2.45) is 4.99 Å². The lowest BCUT2D eigenvalue weighted by molar-refractivity contribution is -0.132. The Balaban J connectivity index is 2.41. The quantitative estimate of drug-likeness (QED) is 0.449. The lowest BCUT2D eigenvalue weighted by Crippen LogP contribution is -2.49. The fourth-order valence-electron chi connectivity index (χ4n) is 2.42. The molecule has 0 aromatic heterocycles. The van der Waals surface area contributed by atoms with Gasteiger partial charge in [-0.05, 0) is 26.7 Å². The van der Waals surface area contributed by atoms with Crippen LogP contribution in [0.15, 0.2) is 17.1 Å². The molecule has 0 unspecified atom stereocenters. The van der Waals surface area contributed by atoms with Gasteiger partial charge >= 0.3 is 6.18 Å². The van der Waals surface area contributed by atoms with Crippen LogP contribution in [0.1, 0.15) is 33.1 Å². The Morgan fingerprint density at radius 2 is 1.95 bits per heavy atom. The first-order chi connectivity index (χ1) is 10.3. The van der Waals surface area contributed by atoms with Gasteiger partial charge < -0.3 is 10.6 Å². The smallest absolute Gasteiger partial charge is 0.357 e. The lowest BCUT2D eigenvalue weighted by atomic mass is 10.0. The number of nitrogens with zero attached hydrogens (tertiary/aromatic N) is 2. The number of guanidine groups is 1. The Morgan fingerprint density at radius 1 is 1.32 bits per heavy atom. The molecule has 0 spiro atoms. The molecule has 0 amide bonds. The van der Waals surface area contributed by atoms with Crippen LogP contribution in [-0.4, -0.2) is 55.8 Å². The molecule has 1 heterocycles. The zero-order valence-electron chi connectivity index (χ0n) is 13.5. The van der Waals surface area contributed by atoms with Gasteiger partial charge in [-0.15, -0.1) is 0 Å². The Bertz CT molecular complexity index is 371. The molecule has 1 aliphatic rings. The normalized spacial score (nSPS) is 18.3. The first-order valence-electron chi connectivity index (χ1n) is 7.78. The highest BCUT2D eigenvalue weighted by atomic mass is 19.4. The Kier molecular flexibility index (Phi) is 7.72. The van der Waals surface area contributed by atoms with E-state index in [1.807, 2.05) is 13.8 Å². The van der Waals surface area contributed by atoms with E-state index < -0.39 is 12.6 Å². The SMILES string of the molecule is C=C(C)CN1CCC(NC(=NCCC(F)(F)F)NCC)CC1. The molecular formula is C15H27F3N4. The molecule has 0 aliphatic carbocycles. The van der Waals surface area contributed by atoms with Crippen molar-refractivity contribution in [1.29, 1.82) is 0 Å². The van der Waals surface area contributed by atoms with Crippen LogP contribution >= 0.6 is 0 Å². The standard InChI is InChI=1S/C15H27F3N4/c1-4-19-14(20-8-7-15(16,17)18)21-13-5-9-22(10-6-13)11-12(2)3/h13H,2,4-11H2,1,3H3,(H2,19,20,21). The van der Waals surface area contributed by atoms with Crippen molar-refractivity contribution in [1.82, 2.24) is 15.5 Å². The van der Waals surface area contributed by atoms with Crippen LogP contribution in [0.5, 0.6) is 0 Å². The monoisotopic (exact) mass is 320 g/mol. The van der Waals surface area contributed by atoms with Gasteiger partial charge in [0.1, 0.15) is 0 Å². The van der Waals surface area contributed by atoms with Crippen molar-refractivity contribution in [3.8, 4) is 0 Å². The molecule has 0 radical (unpaired) electrons. The van der Waals surface area contributed by atoms with Crippen molar-refractivity contribution < 1.29 is 13.2 Å². The van der Waals surface area contributed by atoms with Crippen LogP contribution in [-0.2, 0) is 0 Å². The molecule has 22 heavy (non-hydrogen) atoms. The average molecular weight is 320 g/mol. The minimum absolute atomic E-state index is 0.243. The molecule has 0 aromatic rings. The minimum Gasteiger partial charge on any atom is -0.357 e. The molecule has 2 N–H and O–H groups in total. The molecule has 1 saturated heterocycles. The molecule has 0 bridgehead atoms. The molecule has 1 fully saturated rings. The van der Waals surface area contributed by atoms with Crippen LogP contribution in [0.2, 0.25) is 0 Å². The highest BCUT2D eigenvalue weighted by Crippen LogP contribution is 2.19. The number of likely N-dealkylation sites (tertiary alicyclic amines) is 1. The topological polar surface area (TPSA) is 39.7 Å². The van der Waals surface area contributed by atoms with Gasteiger partial charge in [0.15, 0.2) is 5.96 Å². The van der Waals surface area contributed by atoms with Crippen LogP contribution in [0, 0.1) is 0 Å². The van der Waals surface area contributed by atoms with E-state index in [2.05, 4.69) is 27.1 Å². The molecule has 0 aromatic carbocycles. The van der Waals surface area contributed by atoms with Gasteiger partial charge in [0.25, 0.3) is 0 Å². The molecule has 4 nitrogen and oxygen atoms in total. The molecule has 7 heteroatoms. The van der Waals surface area contributed by atoms with Crippen LogP contribution in [0.25, 0.3) is 0 Å². The van der Waals surface area contributed by atoms with Crippen molar-refractivity contribution in [2.75, 3.05) is 32.7 Å². The maximum Gasteiger partial charge on any atom is 0.390 e. The van der Waals surface area contributed by atoms with Crippen LogP contribution < -0.4 is 10.6 Å². The van der Waals surface area contributed by atoms with Gasteiger partial charge in [-0.2, -0.15) is 13.2 Å². The highest BCUT2D eigenvalue weighted by Gasteiger charge is 2.26. The summed E-state index contributed by atoms with van der Waals surface area (Å²) < 4.78 is 36.5. The van der Waals surface area contributed by atoms with Crippen molar-refractivity contribution in [2.45, 2.75) is 45.3 Å². The summed E-state index contributed by atoms with van der Waals surface area (Å²) in [5, 5.41) is 6.24. The van der Waals surface area contributed by atoms with E-state index in [9.17, 15) is 13.2 Å². The zero-order chi connectivity index (χ0) is 16.6. The van der Waals surface area contributed by atoms with E-state index in [1.54, 1.807) is 0 Å². The molecule has 1 aliphatic heterocycles. The summed E-state index contributed by atoms with van der Waals surface area (Å²) in [4.78, 5) is 6.35. The average Bonchev–Trinajstić information content (AvgIpc) is 2.39. The zero-order valence-corrected chi connectivity index (χ0v) is 13.5. The van der Waals surface area contributed by atoms with Crippen LogP contribution in [0.3, 0.4) is 0 Å². The summed E-state index contributed by atoms with van der Waals surface area (Å²) in [7, 11) is 0. The molecular weight excluding hydrogens is 293 g/mol. The fourth-order valence-corrected chi connectivity index (χ4v) is 2.42. The minimum atomic E-state index is -4.16. The van der Waals surface area contributed by atoms with E-state index >= 15 is 0 Å². The van der Waals surface area contributed by atoms with E-state index in [0.29, 0.717) is 12.5 Å². The Morgan fingerprint density at radius 3 is 2.45 bits per heavy atom. The number of halogens is 3. The van der Waals surface area contributed by atoms with Gasteiger partial charge in [-0.1, -0.05) is 12.2 Å². The van der Waals surface area contributed by atoms with Gasteiger partial charge in [-0.3, -0.25) is 9.89 Å². The Hall–Kier alpha value is -1.24. The fraction of sp³-hybridized carbons (Fsp3) is 0.800. The maximum absolute atomic E-state index is 12.2. The summed E-state index contributed by atoms with van der Waals surface area (Å²) in [6, 6.07) is 0.255. The van der Waals surface area contributed by atoms with Gasteiger partial charge in [0.05, 0.1) is 13.0 Å². The third-order valence-corrected chi connectivity index (χ3v) is 3.43. The third-order valence-electron chi connectivity index (χ3n) is 3.43. The second-order valence-electron chi connectivity index (χ2n) is 5.78. The van der Waals surface area contributed by atoms with E-state index in [1.165, 1.54) is 0 Å². The number of rotatable bonds is 6. The van der Waals surface area contributed by atoms with Gasteiger partial charge in [-0.25, -0.2) is 0 Å². The second-order valence-corrected chi connectivity index (χ2v) is 5.78. The summed E-state index contributed by atoms with van der Waals surface area (Å²) in [5.74, 6) is 0.477. The molecule has 0 atom stereocenters. The first kappa shape index (κ1) is 18.8. The molecule has 0 saturated carbocycles. The lowest BCUT2D eigenvalue weighted by Gasteiger charge is -2.33. The van der Waals surface area contributed by atoms with E-state index in [0.717, 1.165) is 38.0 Å². The summed E-state index contributed by atoms with van der Waals surface area (Å²) >= 11 is 0. The number of hydrogen-bond donors (Lipinski definition) is 2. The van der Waals surface area contributed by atoms with Crippen molar-refractivity contribution >= 4 is 5.96 Å². The number of aliphatic imine (C=N–C) groups is 1. The maximum atomic E-state index is 12.2. The van der Waals surface area contributed by atoms with Gasteiger partial charge in [0, 0.05) is 32.2 Å². The molecule has 1 rings (SSSR count). The van der Waals surface area contributed by atoms with Crippen molar-refractivity contribution in [3.63, 3.8) is 0 Å². The number of piperidine rings is 1. The van der Waals surface area contributed by atoms with E-state index in [-0.39, 0.29) is 12.6 Å². The summed E-state index contributed by atoms with van der Waals surface area (Å²) in [6.45, 7) is 11.1. The summed E-state index contributed by atoms with van der Waals surface area (Å²) in [6.07, 6.45) is -3.14. The Labute approximate surface area is 130 Å². The van der Waals surface area contributed by atoms with Crippen molar-refractivity contribution in [3.05, 3.63) is 12.2 Å². The first-order valence-corrected chi connectivity index (χ1v) is 7.78. The number of hydrogen-bond acceptors (Lipinski definition) is 2. The van der Waals surface area contributed by atoms with Crippen LogP contribution in [0.4, 0.5) is 13.2 Å². The largest absolute Gasteiger partial charge is 0.390 e. The molecule has 128 valence electrons. The predicted molar refractivity (Wildman–Crippen MR) is 84.1 cm³/mol. The van der Waals surface area contributed by atoms with E-state index in [4.69, 9.17) is 0 Å². The number of nitrogens with one attached hydrogen (secondary N) is 2. The second kappa shape index (κ2) is 9.02. The van der Waals surface area contributed by atoms with Gasteiger partial charge in [0.2, 0.25) is 0 Å². The predicted octanol–water partition coefficient (Wildman–Crippen LogP) is 2.53. The highest BCUT2D eigenvalue weighted by molar-refractivity contribution is 5.80.